The molecule has 0 aliphatic carbocycles. The summed E-state index contributed by atoms with van der Waals surface area (Å²) >= 11 is 0. The first-order valence-electron chi connectivity index (χ1n) is 6.91. The van der Waals surface area contributed by atoms with Gasteiger partial charge in [0.05, 0.1) is 11.8 Å². The van der Waals surface area contributed by atoms with Crippen molar-refractivity contribution in [3.63, 3.8) is 0 Å². The second-order valence-electron chi connectivity index (χ2n) is 5.52. The molecule has 0 aromatic heterocycles. The zero-order chi connectivity index (χ0) is 13.1. The second kappa shape index (κ2) is 5.69. The third kappa shape index (κ3) is 2.83. The van der Waals surface area contributed by atoms with E-state index in [2.05, 4.69) is 12.2 Å². The molecular weight excluding hydrogens is 230 g/mol. The molecule has 0 aromatic carbocycles. The molecule has 2 heterocycles. The minimum Gasteiger partial charge on any atom is -0.369 e. The van der Waals surface area contributed by atoms with Gasteiger partial charge in [0.2, 0.25) is 11.8 Å². The van der Waals surface area contributed by atoms with Crippen LogP contribution in [0.1, 0.15) is 32.6 Å². The van der Waals surface area contributed by atoms with Crippen LogP contribution in [0.5, 0.6) is 0 Å². The van der Waals surface area contributed by atoms with Crippen LogP contribution in [0.4, 0.5) is 0 Å². The summed E-state index contributed by atoms with van der Waals surface area (Å²) < 4.78 is 0. The molecule has 18 heavy (non-hydrogen) atoms. The number of carbonyl (C=O) groups is 2. The van der Waals surface area contributed by atoms with E-state index in [9.17, 15) is 9.59 Å². The van der Waals surface area contributed by atoms with Crippen LogP contribution in [-0.4, -0.2) is 42.4 Å². The van der Waals surface area contributed by atoms with Crippen LogP contribution < -0.4 is 11.1 Å². The molecule has 2 fully saturated rings. The molecule has 0 radical (unpaired) electrons. The molecule has 0 spiro atoms. The summed E-state index contributed by atoms with van der Waals surface area (Å²) in [6, 6.07) is 0.236. The Bertz CT molecular complexity index is 332. The van der Waals surface area contributed by atoms with Gasteiger partial charge in [-0.25, -0.2) is 0 Å². The predicted molar refractivity (Wildman–Crippen MR) is 68.7 cm³/mol. The number of nitrogens with zero attached hydrogens (tertiary/aromatic N) is 1. The van der Waals surface area contributed by atoms with Crippen molar-refractivity contribution in [2.75, 3.05) is 19.6 Å². The lowest BCUT2D eigenvalue weighted by atomic mass is 9.89. The lowest BCUT2D eigenvalue weighted by Crippen LogP contribution is -2.51. The van der Waals surface area contributed by atoms with E-state index in [0.717, 1.165) is 38.8 Å². The predicted octanol–water partition coefficient (Wildman–Crippen LogP) is 0.0984. The van der Waals surface area contributed by atoms with Gasteiger partial charge < -0.3 is 16.0 Å². The van der Waals surface area contributed by atoms with Gasteiger partial charge in [0.1, 0.15) is 0 Å². The van der Waals surface area contributed by atoms with Gasteiger partial charge in [0.25, 0.3) is 0 Å². The smallest absolute Gasteiger partial charge is 0.227 e. The molecule has 102 valence electrons. The largest absolute Gasteiger partial charge is 0.369 e. The zero-order valence-electron chi connectivity index (χ0n) is 11.0. The summed E-state index contributed by atoms with van der Waals surface area (Å²) in [7, 11) is 0. The van der Waals surface area contributed by atoms with E-state index in [1.165, 1.54) is 0 Å². The number of hydrogen-bond donors (Lipinski definition) is 2. The van der Waals surface area contributed by atoms with Gasteiger partial charge in [0, 0.05) is 19.1 Å². The maximum absolute atomic E-state index is 12.5. The topological polar surface area (TPSA) is 75.4 Å². The third-order valence-electron chi connectivity index (χ3n) is 4.21. The highest BCUT2D eigenvalue weighted by Gasteiger charge is 2.34. The molecule has 5 nitrogen and oxygen atoms in total. The molecule has 5 heteroatoms. The quantitative estimate of drug-likeness (QED) is 0.733. The Hall–Kier alpha value is -1.10. The molecule has 0 bridgehead atoms. The lowest BCUT2D eigenvalue weighted by molar-refractivity contribution is -0.140. The number of nitrogens with one attached hydrogen (secondary N) is 1. The number of carbonyl (C=O) groups excluding carboxylic acids is 2. The molecule has 2 aliphatic heterocycles. The van der Waals surface area contributed by atoms with Crippen molar-refractivity contribution < 1.29 is 9.59 Å². The fourth-order valence-corrected chi connectivity index (χ4v) is 3.03. The fraction of sp³-hybridized carbons (Fsp3) is 0.846. The van der Waals surface area contributed by atoms with Gasteiger partial charge in [-0.15, -0.1) is 0 Å². The minimum absolute atomic E-state index is 0.0605. The van der Waals surface area contributed by atoms with Crippen LogP contribution in [0.15, 0.2) is 0 Å². The molecule has 3 unspecified atom stereocenters. The molecule has 2 saturated heterocycles. The van der Waals surface area contributed by atoms with Gasteiger partial charge in [-0.05, 0) is 39.2 Å². The van der Waals surface area contributed by atoms with Crippen LogP contribution in [0.25, 0.3) is 0 Å². The molecule has 2 aliphatic rings. The Morgan fingerprint density at radius 3 is 2.72 bits per heavy atom. The van der Waals surface area contributed by atoms with Gasteiger partial charge in [0.15, 0.2) is 0 Å². The first kappa shape index (κ1) is 13.3. The summed E-state index contributed by atoms with van der Waals surface area (Å²) in [5, 5.41) is 3.35. The molecule has 2 amide bonds. The fourth-order valence-electron chi connectivity index (χ4n) is 3.03. The highest BCUT2D eigenvalue weighted by Crippen LogP contribution is 2.23. The summed E-state index contributed by atoms with van der Waals surface area (Å²) in [5.41, 5.74) is 5.35. The SMILES string of the molecule is CC1NCCCC1C(=O)N1CCCC(C(N)=O)C1. The number of likely N-dealkylation sites (tertiary alicyclic amines) is 1. The average molecular weight is 253 g/mol. The van der Waals surface area contributed by atoms with E-state index in [1.54, 1.807) is 0 Å². The normalized spacial score (nSPS) is 33.2. The number of hydrogen-bond acceptors (Lipinski definition) is 3. The van der Waals surface area contributed by atoms with Crippen molar-refractivity contribution in [1.29, 1.82) is 0 Å². The Labute approximate surface area is 108 Å². The van der Waals surface area contributed by atoms with E-state index in [4.69, 9.17) is 5.73 Å². The van der Waals surface area contributed by atoms with Gasteiger partial charge in [-0.3, -0.25) is 9.59 Å². The van der Waals surface area contributed by atoms with Crippen molar-refractivity contribution in [3.05, 3.63) is 0 Å². The summed E-state index contributed by atoms with van der Waals surface area (Å²) in [4.78, 5) is 25.5. The van der Waals surface area contributed by atoms with Crippen LogP contribution in [0.3, 0.4) is 0 Å². The van der Waals surface area contributed by atoms with Gasteiger partial charge in [-0.2, -0.15) is 0 Å². The molecular formula is C13H23N3O2. The van der Waals surface area contributed by atoms with Crippen molar-refractivity contribution in [2.45, 2.75) is 38.6 Å². The van der Waals surface area contributed by atoms with E-state index < -0.39 is 0 Å². The van der Waals surface area contributed by atoms with Crippen molar-refractivity contribution in [3.8, 4) is 0 Å². The van der Waals surface area contributed by atoms with E-state index >= 15 is 0 Å². The van der Waals surface area contributed by atoms with Crippen molar-refractivity contribution >= 4 is 11.8 Å². The number of primary amides is 1. The second-order valence-corrected chi connectivity index (χ2v) is 5.52. The van der Waals surface area contributed by atoms with Crippen molar-refractivity contribution in [1.82, 2.24) is 10.2 Å². The molecule has 3 N–H and O–H groups in total. The number of piperidine rings is 2. The Morgan fingerprint density at radius 1 is 1.28 bits per heavy atom. The van der Waals surface area contributed by atoms with Crippen molar-refractivity contribution in [2.24, 2.45) is 17.6 Å². The van der Waals surface area contributed by atoms with Crippen LogP contribution in [0, 0.1) is 11.8 Å². The Balaban J connectivity index is 1.97. The minimum atomic E-state index is -0.276. The van der Waals surface area contributed by atoms with Crippen LogP contribution >= 0.6 is 0 Å². The number of rotatable bonds is 2. The van der Waals surface area contributed by atoms with Gasteiger partial charge >= 0.3 is 0 Å². The Morgan fingerprint density at radius 2 is 2.06 bits per heavy atom. The molecule has 2 rings (SSSR count). The Kier molecular flexibility index (Phi) is 4.22. The summed E-state index contributed by atoms with van der Waals surface area (Å²) in [5.74, 6) is -0.178. The van der Waals surface area contributed by atoms with Crippen LogP contribution in [-0.2, 0) is 9.59 Å². The third-order valence-corrected chi connectivity index (χ3v) is 4.21. The highest BCUT2D eigenvalue weighted by molar-refractivity contribution is 5.82. The summed E-state index contributed by atoms with van der Waals surface area (Å²) in [6.45, 7) is 4.34. The number of amides is 2. The maximum atomic E-state index is 12.5. The van der Waals surface area contributed by atoms with Gasteiger partial charge in [-0.1, -0.05) is 0 Å². The average Bonchev–Trinajstić information content (AvgIpc) is 2.38. The molecule has 0 aromatic rings. The maximum Gasteiger partial charge on any atom is 0.227 e. The van der Waals surface area contributed by atoms with E-state index in [1.807, 2.05) is 4.90 Å². The summed E-state index contributed by atoms with van der Waals surface area (Å²) in [6.07, 6.45) is 3.70. The number of nitrogens with two attached hydrogens (primary N) is 1. The lowest BCUT2D eigenvalue weighted by Gasteiger charge is -2.37. The standard InChI is InChI=1S/C13H23N3O2/c1-9-11(5-2-6-15-9)13(18)16-7-3-4-10(8-16)12(14)17/h9-11,15H,2-8H2,1H3,(H2,14,17). The highest BCUT2D eigenvalue weighted by atomic mass is 16.2. The molecule has 3 atom stereocenters. The van der Waals surface area contributed by atoms with E-state index in [-0.39, 0.29) is 29.7 Å². The molecule has 0 saturated carbocycles. The monoisotopic (exact) mass is 253 g/mol. The first-order valence-corrected chi connectivity index (χ1v) is 6.91. The van der Waals surface area contributed by atoms with Crippen LogP contribution in [0.2, 0.25) is 0 Å². The zero-order valence-corrected chi connectivity index (χ0v) is 11.0. The first-order chi connectivity index (χ1) is 8.59. The van der Waals surface area contributed by atoms with E-state index in [0.29, 0.717) is 6.54 Å².